The van der Waals surface area contributed by atoms with Crippen LogP contribution in [-0.2, 0) is 9.59 Å². The van der Waals surface area contributed by atoms with Gasteiger partial charge in [-0.1, -0.05) is 26.8 Å². The van der Waals surface area contributed by atoms with Crippen molar-refractivity contribution in [1.82, 2.24) is 15.2 Å². The summed E-state index contributed by atoms with van der Waals surface area (Å²) in [7, 11) is 0. The lowest BCUT2D eigenvalue weighted by Crippen LogP contribution is -2.57. The maximum atomic E-state index is 13.1. The number of amides is 2. The lowest BCUT2D eigenvalue weighted by atomic mass is 9.82. The third kappa shape index (κ3) is 5.03. The second-order valence-corrected chi connectivity index (χ2v) is 8.69. The van der Waals surface area contributed by atoms with Crippen LogP contribution >= 0.6 is 0 Å². The molecule has 1 aliphatic heterocycles. The van der Waals surface area contributed by atoms with E-state index in [1.165, 1.54) is 0 Å². The summed E-state index contributed by atoms with van der Waals surface area (Å²) in [5.74, 6) is 1.91. The van der Waals surface area contributed by atoms with Gasteiger partial charge in [-0.2, -0.15) is 0 Å². The molecule has 1 aliphatic carbocycles. The van der Waals surface area contributed by atoms with E-state index in [2.05, 4.69) is 22.1 Å². The van der Waals surface area contributed by atoms with E-state index in [1.54, 1.807) is 6.20 Å². The van der Waals surface area contributed by atoms with Crippen LogP contribution in [0.4, 0.5) is 5.82 Å². The Morgan fingerprint density at radius 1 is 1.07 bits per heavy atom. The molecule has 3 rings (SSSR count). The molecule has 6 heteroatoms. The van der Waals surface area contributed by atoms with Crippen molar-refractivity contribution in [2.24, 2.45) is 17.8 Å². The molecule has 6 nitrogen and oxygen atoms in total. The Morgan fingerprint density at radius 2 is 1.75 bits per heavy atom. The molecule has 1 N–H and O–H groups in total. The zero-order chi connectivity index (χ0) is 20.1. The van der Waals surface area contributed by atoms with Gasteiger partial charge in [0.2, 0.25) is 11.8 Å². The molecule has 1 aromatic heterocycles. The van der Waals surface area contributed by atoms with Gasteiger partial charge in [-0.3, -0.25) is 9.59 Å². The van der Waals surface area contributed by atoms with Gasteiger partial charge in [0.15, 0.2) is 0 Å². The summed E-state index contributed by atoms with van der Waals surface area (Å²) >= 11 is 0. The fourth-order valence-corrected chi connectivity index (χ4v) is 4.20. The lowest BCUT2D eigenvalue weighted by molar-refractivity contribution is -0.139. The molecule has 2 heterocycles. The molecular formula is C22H34N4O2. The van der Waals surface area contributed by atoms with Gasteiger partial charge >= 0.3 is 0 Å². The molecule has 1 saturated heterocycles. The minimum atomic E-state index is -0.437. The van der Waals surface area contributed by atoms with Crippen LogP contribution in [0.2, 0.25) is 0 Å². The largest absolute Gasteiger partial charge is 0.353 e. The molecule has 1 saturated carbocycles. The first kappa shape index (κ1) is 20.6. The molecule has 28 heavy (non-hydrogen) atoms. The fraction of sp³-hybridized carbons (Fsp3) is 0.682. The predicted octanol–water partition coefficient (Wildman–Crippen LogP) is 2.70. The number of carbonyl (C=O) groups excluding carboxylic acids is 2. The molecule has 0 aromatic carbocycles. The first-order valence-corrected chi connectivity index (χ1v) is 10.7. The summed E-state index contributed by atoms with van der Waals surface area (Å²) < 4.78 is 0. The smallest absolute Gasteiger partial charge is 0.245 e. The van der Waals surface area contributed by atoms with E-state index in [0.717, 1.165) is 44.6 Å². The summed E-state index contributed by atoms with van der Waals surface area (Å²) in [5, 5.41) is 3.08. The average molecular weight is 387 g/mol. The minimum Gasteiger partial charge on any atom is -0.353 e. The highest BCUT2D eigenvalue weighted by atomic mass is 16.2. The second kappa shape index (κ2) is 9.39. The third-order valence-corrected chi connectivity index (χ3v) is 6.18. The highest BCUT2D eigenvalue weighted by molar-refractivity contribution is 5.89. The van der Waals surface area contributed by atoms with Gasteiger partial charge in [0, 0.05) is 38.3 Å². The van der Waals surface area contributed by atoms with Crippen molar-refractivity contribution < 1.29 is 9.59 Å². The van der Waals surface area contributed by atoms with Crippen LogP contribution in [0.5, 0.6) is 0 Å². The molecule has 0 radical (unpaired) electrons. The number of carbonyl (C=O) groups is 2. The number of hydrogen-bond donors (Lipinski definition) is 1. The molecule has 2 amide bonds. The number of aromatic nitrogens is 1. The standard InChI is InChI=1S/C22H34N4O2/c1-16(2)20(24-21(27)18-9-7-17(3)8-10-18)22(28)26-14-12-25(13-15-26)19-6-4-5-11-23-19/h4-6,11,16-18,20H,7-10,12-15H2,1-3H3,(H,24,27)/t17?,18?,20-/m0/s1. The molecular weight excluding hydrogens is 352 g/mol. The number of hydrogen-bond acceptors (Lipinski definition) is 4. The van der Waals surface area contributed by atoms with Crippen molar-refractivity contribution in [2.45, 2.75) is 52.5 Å². The van der Waals surface area contributed by atoms with Crippen LogP contribution in [0, 0.1) is 17.8 Å². The number of nitrogens with one attached hydrogen (secondary N) is 1. The summed E-state index contributed by atoms with van der Waals surface area (Å²) in [6, 6.07) is 5.45. The van der Waals surface area contributed by atoms with Gasteiger partial charge in [-0.25, -0.2) is 4.98 Å². The van der Waals surface area contributed by atoms with Crippen LogP contribution in [0.25, 0.3) is 0 Å². The molecule has 0 spiro atoms. The number of rotatable bonds is 5. The predicted molar refractivity (Wildman–Crippen MR) is 111 cm³/mol. The molecule has 2 aliphatic rings. The Bertz CT molecular complexity index is 648. The summed E-state index contributed by atoms with van der Waals surface area (Å²) in [6.07, 6.45) is 5.88. The average Bonchev–Trinajstić information content (AvgIpc) is 2.72. The molecule has 0 unspecified atom stereocenters. The first-order chi connectivity index (χ1) is 13.5. The van der Waals surface area contributed by atoms with Gasteiger partial charge in [-0.15, -0.1) is 0 Å². The van der Waals surface area contributed by atoms with Crippen LogP contribution < -0.4 is 10.2 Å². The van der Waals surface area contributed by atoms with Crippen molar-refractivity contribution in [3.05, 3.63) is 24.4 Å². The van der Waals surface area contributed by atoms with Gasteiger partial charge in [0.25, 0.3) is 0 Å². The van der Waals surface area contributed by atoms with E-state index in [9.17, 15) is 9.59 Å². The molecule has 1 atom stereocenters. The summed E-state index contributed by atoms with van der Waals surface area (Å²) in [6.45, 7) is 9.12. The Morgan fingerprint density at radius 3 is 2.32 bits per heavy atom. The van der Waals surface area contributed by atoms with E-state index in [4.69, 9.17) is 0 Å². The zero-order valence-electron chi connectivity index (χ0n) is 17.4. The molecule has 154 valence electrons. The molecule has 0 bridgehead atoms. The van der Waals surface area contributed by atoms with Crippen molar-refractivity contribution >= 4 is 17.6 Å². The Balaban J connectivity index is 1.55. The second-order valence-electron chi connectivity index (χ2n) is 8.69. The topological polar surface area (TPSA) is 65.5 Å². The fourth-order valence-electron chi connectivity index (χ4n) is 4.20. The summed E-state index contributed by atoms with van der Waals surface area (Å²) in [4.78, 5) is 34.4. The Hall–Kier alpha value is -2.11. The highest BCUT2D eigenvalue weighted by Crippen LogP contribution is 2.28. The summed E-state index contributed by atoms with van der Waals surface area (Å²) in [5.41, 5.74) is 0. The van der Waals surface area contributed by atoms with E-state index < -0.39 is 6.04 Å². The van der Waals surface area contributed by atoms with Gasteiger partial charge < -0.3 is 15.1 Å². The number of anilines is 1. The highest BCUT2D eigenvalue weighted by Gasteiger charge is 2.33. The van der Waals surface area contributed by atoms with Crippen LogP contribution in [0.1, 0.15) is 46.5 Å². The number of nitrogens with zero attached hydrogens (tertiary/aromatic N) is 3. The van der Waals surface area contributed by atoms with E-state index in [1.807, 2.05) is 36.9 Å². The Labute approximate surface area is 168 Å². The van der Waals surface area contributed by atoms with Crippen LogP contribution in [0.15, 0.2) is 24.4 Å². The molecule has 2 fully saturated rings. The Kier molecular flexibility index (Phi) is 6.92. The van der Waals surface area contributed by atoms with Crippen molar-refractivity contribution in [3.63, 3.8) is 0 Å². The van der Waals surface area contributed by atoms with Crippen molar-refractivity contribution in [2.75, 3.05) is 31.1 Å². The molecule has 1 aromatic rings. The third-order valence-electron chi connectivity index (χ3n) is 6.18. The maximum Gasteiger partial charge on any atom is 0.245 e. The first-order valence-electron chi connectivity index (χ1n) is 10.7. The van der Waals surface area contributed by atoms with Crippen molar-refractivity contribution in [3.8, 4) is 0 Å². The van der Waals surface area contributed by atoms with E-state index >= 15 is 0 Å². The van der Waals surface area contributed by atoms with Crippen LogP contribution in [-0.4, -0.2) is 53.9 Å². The normalized spacial score (nSPS) is 24.1. The lowest BCUT2D eigenvalue weighted by Gasteiger charge is -2.38. The zero-order valence-corrected chi connectivity index (χ0v) is 17.4. The monoisotopic (exact) mass is 386 g/mol. The van der Waals surface area contributed by atoms with Crippen molar-refractivity contribution in [1.29, 1.82) is 0 Å². The van der Waals surface area contributed by atoms with Gasteiger partial charge in [0.05, 0.1) is 0 Å². The SMILES string of the molecule is CC1CCC(C(=O)N[C@H](C(=O)N2CCN(c3ccccn3)CC2)C(C)C)CC1. The van der Waals surface area contributed by atoms with E-state index in [-0.39, 0.29) is 23.7 Å². The quantitative estimate of drug-likeness (QED) is 0.845. The maximum absolute atomic E-state index is 13.1. The van der Waals surface area contributed by atoms with Crippen LogP contribution in [0.3, 0.4) is 0 Å². The van der Waals surface area contributed by atoms with E-state index in [0.29, 0.717) is 19.0 Å². The number of pyridine rings is 1. The van der Waals surface area contributed by atoms with Gasteiger partial charge in [0.1, 0.15) is 11.9 Å². The minimum absolute atomic E-state index is 0.0493. The number of piperazine rings is 1. The van der Waals surface area contributed by atoms with Gasteiger partial charge in [-0.05, 0) is 49.7 Å².